The summed E-state index contributed by atoms with van der Waals surface area (Å²) in [5, 5.41) is 2.62. The Bertz CT molecular complexity index is 858. The fourth-order valence-corrected chi connectivity index (χ4v) is 2.72. The van der Waals surface area contributed by atoms with Crippen molar-refractivity contribution >= 4 is 17.8 Å². The van der Waals surface area contributed by atoms with E-state index in [1.54, 1.807) is 32.9 Å². The molecule has 0 unspecified atom stereocenters. The number of H-pyrrole nitrogens is 1. The highest BCUT2D eigenvalue weighted by molar-refractivity contribution is 5.99. The van der Waals surface area contributed by atoms with Crippen molar-refractivity contribution in [2.45, 2.75) is 27.2 Å². The molecule has 0 aliphatic rings. The number of esters is 2. The fourth-order valence-electron chi connectivity index (χ4n) is 2.72. The highest BCUT2D eigenvalue weighted by Crippen LogP contribution is 2.19. The minimum Gasteiger partial charge on any atom is -0.462 e. The molecule has 0 spiro atoms. The quantitative estimate of drug-likeness (QED) is 0.675. The molecule has 2 aromatic rings. The predicted molar refractivity (Wildman–Crippen MR) is 99.6 cm³/mol. The smallest absolute Gasteiger partial charge is 0.355 e. The van der Waals surface area contributed by atoms with E-state index in [-0.39, 0.29) is 23.7 Å². The number of aromatic amines is 1. The van der Waals surface area contributed by atoms with Crippen LogP contribution in [-0.4, -0.2) is 42.6 Å². The third-order valence-electron chi connectivity index (χ3n) is 4.10. The molecule has 0 fully saturated rings. The molecule has 8 heteroatoms. The van der Waals surface area contributed by atoms with Gasteiger partial charge >= 0.3 is 11.9 Å². The fraction of sp³-hybridized carbons (Fsp3) is 0.350. The second-order valence-corrected chi connectivity index (χ2v) is 6.15. The molecule has 0 aliphatic heterocycles. The molecule has 0 radical (unpaired) electrons. The van der Waals surface area contributed by atoms with Crippen LogP contribution in [0, 0.1) is 19.7 Å². The average molecular weight is 390 g/mol. The summed E-state index contributed by atoms with van der Waals surface area (Å²) in [7, 11) is 0. The van der Waals surface area contributed by atoms with Crippen LogP contribution in [0.15, 0.2) is 24.3 Å². The third kappa shape index (κ3) is 5.42. The van der Waals surface area contributed by atoms with E-state index in [0.717, 1.165) is 5.56 Å². The summed E-state index contributed by atoms with van der Waals surface area (Å²) in [5.41, 5.74) is 2.18. The Kier molecular flexibility index (Phi) is 7.31. The largest absolute Gasteiger partial charge is 0.462 e. The van der Waals surface area contributed by atoms with Gasteiger partial charge in [-0.15, -0.1) is 0 Å². The first-order valence-electron chi connectivity index (χ1n) is 8.88. The Morgan fingerprint density at radius 3 is 2.39 bits per heavy atom. The summed E-state index contributed by atoms with van der Waals surface area (Å²) in [6, 6.07) is 5.98. The maximum atomic E-state index is 12.8. The summed E-state index contributed by atoms with van der Waals surface area (Å²) in [6.07, 6.45) is 0.526. The number of hydrogen-bond acceptors (Lipinski definition) is 5. The number of carbonyl (C=O) groups excluding carboxylic acids is 3. The second-order valence-electron chi connectivity index (χ2n) is 6.15. The Balaban J connectivity index is 1.84. The van der Waals surface area contributed by atoms with Gasteiger partial charge in [-0.3, -0.25) is 4.79 Å². The van der Waals surface area contributed by atoms with Crippen LogP contribution in [-0.2, 0) is 20.7 Å². The van der Waals surface area contributed by atoms with E-state index < -0.39 is 24.5 Å². The van der Waals surface area contributed by atoms with Crippen molar-refractivity contribution in [3.63, 3.8) is 0 Å². The lowest BCUT2D eigenvalue weighted by Crippen LogP contribution is -2.30. The van der Waals surface area contributed by atoms with Gasteiger partial charge in [0.25, 0.3) is 5.91 Å². The molecular formula is C20H23FN2O5. The lowest BCUT2D eigenvalue weighted by Gasteiger charge is -2.07. The summed E-state index contributed by atoms with van der Waals surface area (Å²) < 4.78 is 22.8. The number of halogens is 1. The van der Waals surface area contributed by atoms with Crippen LogP contribution in [0.2, 0.25) is 0 Å². The number of carbonyl (C=O) groups is 3. The first kappa shape index (κ1) is 21.1. The number of benzene rings is 1. The number of nitrogens with one attached hydrogen (secondary N) is 2. The zero-order chi connectivity index (χ0) is 20.7. The Morgan fingerprint density at radius 1 is 1.07 bits per heavy atom. The van der Waals surface area contributed by atoms with E-state index in [9.17, 15) is 18.8 Å². The molecule has 0 bridgehead atoms. The Morgan fingerprint density at radius 2 is 1.75 bits per heavy atom. The molecule has 1 aromatic heterocycles. The van der Waals surface area contributed by atoms with E-state index in [4.69, 9.17) is 9.47 Å². The van der Waals surface area contributed by atoms with E-state index in [1.165, 1.54) is 12.1 Å². The van der Waals surface area contributed by atoms with Crippen molar-refractivity contribution in [1.82, 2.24) is 10.3 Å². The van der Waals surface area contributed by atoms with Crippen LogP contribution in [0.1, 0.15) is 44.6 Å². The first-order valence-corrected chi connectivity index (χ1v) is 8.88. The first-order chi connectivity index (χ1) is 13.3. The average Bonchev–Trinajstić information content (AvgIpc) is 2.96. The molecule has 28 heavy (non-hydrogen) atoms. The van der Waals surface area contributed by atoms with Crippen LogP contribution in [0.25, 0.3) is 0 Å². The van der Waals surface area contributed by atoms with Gasteiger partial charge in [0.2, 0.25) is 0 Å². The van der Waals surface area contributed by atoms with Crippen molar-refractivity contribution < 1.29 is 28.2 Å². The van der Waals surface area contributed by atoms with Gasteiger partial charge < -0.3 is 19.8 Å². The zero-order valence-electron chi connectivity index (χ0n) is 16.1. The molecule has 1 heterocycles. The highest BCUT2D eigenvalue weighted by atomic mass is 19.1. The molecule has 2 rings (SSSR count). The van der Waals surface area contributed by atoms with Gasteiger partial charge in [-0.05, 0) is 50.5 Å². The van der Waals surface area contributed by atoms with Crippen LogP contribution >= 0.6 is 0 Å². The van der Waals surface area contributed by atoms with E-state index in [0.29, 0.717) is 24.2 Å². The van der Waals surface area contributed by atoms with Gasteiger partial charge in [0.05, 0.1) is 12.2 Å². The molecule has 150 valence electrons. The van der Waals surface area contributed by atoms with Crippen molar-refractivity contribution in [2.24, 2.45) is 0 Å². The molecule has 0 saturated carbocycles. The number of ether oxygens (including phenoxy) is 2. The molecule has 0 aliphatic carbocycles. The molecule has 0 atom stereocenters. The minimum absolute atomic E-state index is 0.111. The maximum absolute atomic E-state index is 12.8. The van der Waals surface area contributed by atoms with Crippen molar-refractivity contribution in [2.75, 3.05) is 19.8 Å². The van der Waals surface area contributed by atoms with Gasteiger partial charge in [0, 0.05) is 12.2 Å². The summed E-state index contributed by atoms with van der Waals surface area (Å²) in [4.78, 5) is 38.8. The van der Waals surface area contributed by atoms with Crippen LogP contribution < -0.4 is 5.32 Å². The Labute approximate surface area is 162 Å². The van der Waals surface area contributed by atoms with Crippen molar-refractivity contribution in [1.29, 1.82) is 0 Å². The van der Waals surface area contributed by atoms with Crippen LogP contribution in [0.4, 0.5) is 4.39 Å². The lowest BCUT2D eigenvalue weighted by molar-refractivity contribution is -0.124. The van der Waals surface area contributed by atoms with Crippen LogP contribution in [0.3, 0.4) is 0 Å². The highest BCUT2D eigenvalue weighted by Gasteiger charge is 2.24. The monoisotopic (exact) mass is 390 g/mol. The lowest BCUT2D eigenvalue weighted by atomic mass is 10.1. The maximum Gasteiger partial charge on any atom is 0.355 e. The van der Waals surface area contributed by atoms with Gasteiger partial charge in [-0.2, -0.15) is 0 Å². The number of aryl methyl sites for hydroxylation is 1. The number of hydrogen-bond donors (Lipinski definition) is 2. The topological polar surface area (TPSA) is 97.5 Å². The molecular weight excluding hydrogens is 367 g/mol. The van der Waals surface area contributed by atoms with E-state index in [2.05, 4.69) is 10.3 Å². The minimum atomic E-state index is -0.732. The molecule has 2 N–H and O–H groups in total. The molecule has 1 amide bonds. The van der Waals surface area contributed by atoms with Crippen molar-refractivity contribution in [3.8, 4) is 0 Å². The Hall–Kier alpha value is -3.16. The molecule has 0 saturated heterocycles. The SMILES string of the molecule is CCOC(=O)c1c(C)[nH]c(C(=O)OCC(=O)NCCc2ccc(F)cc2)c1C. The van der Waals surface area contributed by atoms with E-state index in [1.807, 2.05) is 0 Å². The van der Waals surface area contributed by atoms with Crippen LogP contribution in [0.5, 0.6) is 0 Å². The zero-order valence-corrected chi connectivity index (χ0v) is 16.1. The third-order valence-corrected chi connectivity index (χ3v) is 4.10. The van der Waals surface area contributed by atoms with Gasteiger partial charge in [0.15, 0.2) is 6.61 Å². The van der Waals surface area contributed by atoms with Gasteiger partial charge in [-0.1, -0.05) is 12.1 Å². The number of amides is 1. The standard InChI is InChI=1S/C20H23FN2O5/c1-4-27-19(25)17-12(2)18(23-13(17)3)20(26)28-11-16(24)22-10-9-14-5-7-15(21)8-6-14/h5-8,23H,4,9-11H2,1-3H3,(H,22,24). The molecule has 7 nitrogen and oxygen atoms in total. The summed E-state index contributed by atoms with van der Waals surface area (Å²) >= 11 is 0. The summed E-state index contributed by atoms with van der Waals surface area (Å²) in [5.74, 6) is -2.03. The second kappa shape index (κ2) is 9.68. The number of rotatable bonds is 8. The van der Waals surface area contributed by atoms with Gasteiger partial charge in [-0.25, -0.2) is 14.0 Å². The summed E-state index contributed by atoms with van der Waals surface area (Å²) in [6.45, 7) is 5.05. The van der Waals surface area contributed by atoms with Gasteiger partial charge in [0.1, 0.15) is 11.5 Å². The van der Waals surface area contributed by atoms with E-state index >= 15 is 0 Å². The van der Waals surface area contributed by atoms with Crippen molar-refractivity contribution in [3.05, 3.63) is 58.2 Å². The normalized spacial score (nSPS) is 10.4. The number of aromatic nitrogens is 1. The predicted octanol–water partition coefficient (Wildman–Crippen LogP) is 2.46. The molecule has 1 aromatic carbocycles.